The lowest BCUT2D eigenvalue weighted by molar-refractivity contribution is 0.591. The molecule has 1 aliphatic carbocycles. The standard InChI is InChI=1S/C19H30N4S/c1-14(23-11-10-15-6-4-5-7-18(15)23)13-21-19(20-2)22-16-8-9-17(12-16)24-3/h4-7,14,16-17H,8-13H2,1-3H3,(H2,20,21,22). The summed E-state index contributed by atoms with van der Waals surface area (Å²) < 4.78 is 0. The lowest BCUT2D eigenvalue weighted by Crippen LogP contribution is -2.48. The number of aliphatic imine (C=N–C) groups is 1. The van der Waals surface area contributed by atoms with E-state index < -0.39 is 0 Å². The van der Waals surface area contributed by atoms with Gasteiger partial charge in [0.2, 0.25) is 0 Å². The molecule has 1 saturated carbocycles. The van der Waals surface area contributed by atoms with Gasteiger partial charge in [-0.3, -0.25) is 4.99 Å². The predicted octanol–water partition coefficient (Wildman–Crippen LogP) is 2.89. The molecule has 5 heteroatoms. The predicted molar refractivity (Wildman–Crippen MR) is 106 cm³/mol. The molecule has 1 fully saturated rings. The van der Waals surface area contributed by atoms with Gasteiger partial charge in [-0.1, -0.05) is 18.2 Å². The van der Waals surface area contributed by atoms with Crippen LogP contribution in [0.1, 0.15) is 31.7 Å². The third-order valence-electron chi connectivity index (χ3n) is 5.30. The van der Waals surface area contributed by atoms with E-state index in [1.807, 2.05) is 18.8 Å². The van der Waals surface area contributed by atoms with Crippen molar-refractivity contribution in [2.45, 2.75) is 49.9 Å². The maximum absolute atomic E-state index is 4.41. The van der Waals surface area contributed by atoms with E-state index in [4.69, 9.17) is 0 Å². The lowest BCUT2D eigenvalue weighted by Gasteiger charge is -2.28. The maximum Gasteiger partial charge on any atom is 0.191 e. The summed E-state index contributed by atoms with van der Waals surface area (Å²) in [5.41, 5.74) is 2.87. The smallest absolute Gasteiger partial charge is 0.191 e. The minimum Gasteiger partial charge on any atom is -0.366 e. The van der Waals surface area contributed by atoms with E-state index in [0.29, 0.717) is 12.1 Å². The Kier molecular flexibility index (Phi) is 5.93. The van der Waals surface area contributed by atoms with Gasteiger partial charge in [-0.15, -0.1) is 0 Å². The summed E-state index contributed by atoms with van der Waals surface area (Å²) in [6, 6.07) is 9.79. The third kappa shape index (κ3) is 4.00. The first-order chi connectivity index (χ1) is 11.7. The number of nitrogens with one attached hydrogen (secondary N) is 2. The highest BCUT2D eigenvalue weighted by Crippen LogP contribution is 2.29. The monoisotopic (exact) mass is 346 g/mol. The second-order valence-corrected chi connectivity index (χ2v) is 8.02. The Morgan fingerprint density at radius 2 is 2.21 bits per heavy atom. The molecular formula is C19H30N4S. The first kappa shape index (κ1) is 17.5. The molecule has 2 aliphatic rings. The van der Waals surface area contributed by atoms with Gasteiger partial charge in [-0.05, 0) is 50.5 Å². The number of thioether (sulfide) groups is 1. The highest BCUT2D eigenvalue weighted by Gasteiger charge is 2.25. The summed E-state index contributed by atoms with van der Waals surface area (Å²) in [6.07, 6.45) is 7.19. The van der Waals surface area contributed by atoms with E-state index in [1.165, 1.54) is 30.5 Å². The van der Waals surface area contributed by atoms with Crippen LogP contribution in [-0.4, -0.2) is 49.7 Å². The Bertz CT molecular complexity index is 574. The van der Waals surface area contributed by atoms with Crippen molar-refractivity contribution < 1.29 is 0 Å². The van der Waals surface area contributed by atoms with Crippen LogP contribution >= 0.6 is 11.8 Å². The summed E-state index contributed by atoms with van der Waals surface area (Å²) in [4.78, 5) is 6.92. The van der Waals surface area contributed by atoms with Crippen molar-refractivity contribution in [2.24, 2.45) is 4.99 Å². The van der Waals surface area contributed by atoms with Crippen LogP contribution in [0.25, 0.3) is 0 Å². The summed E-state index contributed by atoms with van der Waals surface area (Å²) in [5.74, 6) is 0.945. The highest BCUT2D eigenvalue weighted by molar-refractivity contribution is 7.99. The van der Waals surface area contributed by atoms with Gasteiger partial charge in [-0.2, -0.15) is 11.8 Å². The highest BCUT2D eigenvalue weighted by atomic mass is 32.2. The summed E-state index contributed by atoms with van der Waals surface area (Å²) in [6.45, 7) is 4.32. The number of nitrogens with zero attached hydrogens (tertiary/aromatic N) is 2. The molecule has 1 aromatic carbocycles. The van der Waals surface area contributed by atoms with E-state index in [2.05, 4.69) is 58.0 Å². The minimum absolute atomic E-state index is 0.453. The second-order valence-electron chi connectivity index (χ2n) is 6.89. The molecule has 3 atom stereocenters. The van der Waals surface area contributed by atoms with Crippen LogP contribution in [0.2, 0.25) is 0 Å². The van der Waals surface area contributed by atoms with E-state index in [9.17, 15) is 0 Å². The van der Waals surface area contributed by atoms with E-state index >= 15 is 0 Å². The Labute approximate surface area is 150 Å². The van der Waals surface area contributed by atoms with Crippen molar-refractivity contribution in [3.63, 3.8) is 0 Å². The number of guanidine groups is 1. The van der Waals surface area contributed by atoms with Crippen LogP contribution in [0.15, 0.2) is 29.3 Å². The van der Waals surface area contributed by atoms with Crippen molar-refractivity contribution in [2.75, 3.05) is 31.3 Å². The molecule has 0 bridgehead atoms. The molecule has 132 valence electrons. The second kappa shape index (κ2) is 8.15. The molecule has 3 rings (SSSR count). The van der Waals surface area contributed by atoms with Gasteiger partial charge in [0.05, 0.1) is 0 Å². The van der Waals surface area contributed by atoms with Crippen LogP contribution < -0.4 is 15.5 Å². The maximum atomic E-state index is 4.41. The fourth-order valence-electron chi connectivity index (χ4n) is 3.85. The summed E-state index contributed by atoms with van der Waals surface area (Å²) in [7, 11) is 1.87. The van der Waals surface area contributed by atoms with Crippen molar-refractivity contribution in [3.8, 4) is 0 Å². The Balaban J connectivity index is 1.49. The SMILES string of the molecule is CN=C(NCC(C)N1CCc2ccccc21)NC1CCC(SC)C1. The molecule has 0 saturated heterocycles. The van der Waals surface area contributed by atoms with Gasteiger partial charge in [-0.25, -0.2) is 0 Å². The van der Waals surface area contributed by atoms with E-state index in [0.717, 1.165) is 30.7 Å². The molecule has 1 aliphatic heterocycles. The number of anilines is 1. The fraction of sp³-hybridized carbons (Fsp3) is 0.632. The van der Waals surface area contributed by atoms with Crippen molar-refractivity contribution in [1.29, 1.82) is 0 Å². The first-order valence-electron chi connectivity index (χ1n) is 9.05. The fourth-order valence-corrected chi connectivity index (χ4v) is 4.65. The molecule has 2 N–H and O–H groups in total. The van der Waals surface area contributed by atoms with Crippen LogP contribution in [0, 0.1) is 0 Å². The van der Waals surface area contributed by atoms with Gasteiger partial charge < -0.3 is 15.5 Å². The largest absolute Gasteiger partial charge is 0.366 e. The van der Waals surface area contributed by atoms with Gasteiger partial charge in [0.1, 0.15) is 0 Å². The van der Waals surface area contributed by atoms with Gasteiger partial charge in [0.25, 0.3) is 0 Å². The topological polar surface area (TPSA) is 39.7 Å². The molecule has 0 radical (unpaired) electrons. The molecule has 4 nitrogen and oxygen atoms in total. The third-order valence-corrected chi connectivity index (χ3v) is 6.40. The lowest BCUT2D eigenvalue weighted by atomic mass is 10.2. The molecule has 0 aromatic heterocycles. The van der Waals surface area contributed by atoms with Crippen molar-refractivity contribution >= 4 is 23.4 Å². The molecule has 3 unspecified atom stereocenters. The van der Waals surface area contributed by atoms with Gasteiger partial charge in [0.15, 0.2) is 5.96 Å². The summed E-state index contributed by atoms with van der Waals surface area (Å²) >= 11 is 1.99. The summed E-state index contributed by atoms with van der Waals surface area (Å²) in [5, 5.41) is 7.94. The van der Waals surface area contributed by atoms with Gasteiger partial charge >= 0.3 is 0 Å². The number of benzene rings is 1. The zero-order valence-electron chi connectivity index (χ0n) is 15.1. The van der Waals surface area contributed by atoms with Crippen LogP contribution in [0.5, 0.6) is 0 Å². The number of hydrogen-bond acceptors (Lipinski definition) is 3. The van der Waals surface area contributed by atoms with Crippen LogP contribution in [0.4, 0.5) is 5.69 Å². The van der Waals surface area contributed by atoms with Crippen LogP contribution in [0.3, 0.4) is 0 Å². The average Bonchev–Trinajstić information content (AvgIpc) is 3.24. The first-order valence-corrected chi connectivity index (χ1v) is 10.3. The molecule has 24 heavy (non-hydrogen) atoms. The zero-order chi connectivity index (χ0) is 16.9. The van der Waals surface area contributed by atoms with Gasteiger partial charge in [0, 0.05) is 43.2 Å². The zero-order valence-corrected chi connectivity index (χ0v) is 15.9. The quantitative estimate of drug-likeness (QED) is 0.635. The van der Waals surface area contributed by atoms with Crippen molar-refractivity contribution in [3.05, 3.63) is 29.8 Å². The van der Waals surface area contributed by atoms with Crippen molar-refractivity contribution in [1.82, 2.24) is 10.6 Å². The number of hydrogen-bond donors (Lipinski definition) is 2. The molecular weight excluding hydrogens is 316 g/mol. The normalized spacial score (nSPS) is 24.8. The Morgan fingerprint density at radius 3 is 2.96 bits per heavy atom. The molecule has 1 aromatic rings. The van der Waals surface area contributed by atoms with E-state index in [1.54, 1.807) is 0 Å². The number of fused-ring (bicyclic) bond motifs is 1. The average molecular weight is 347 g/mol. The number of rotatable bonds is 5. The number of para-hydroxylation sites is 1. The van der Waals surface area contributed by atoms with Crippen LogP contribution in [-0.2, 0) is 6.42 Å². The minimum atomic E-state index is 0.453. The Morgan fingerprint density at radius 1 is 1.38 bits per heavy atom. The van der Waals surface area contributed by atoms with E-state index in [-0.39, 0.29) is 0 Å². The Hall–Kier alpha value is -1.36. The molecule has 1 heterocycles. The molecule has 0 amide bonds. The molecule has 0 spiro atoms.